The van der Waals surface area contributed by atoms with E-state index in [-0.39, 0.29) is 36.8 Å². The quantitative estimate of drug-likeness (QED) is 0.398. The van der Waals surface area contributed by atoms with Crippen molar-refractivity contribution < 1.29 is 49.0 Å². The molecule has 1 nitrogen and oxygen atoms in total. The van der Waals surface area contributed by atoms with Gasteiger partial charge in [-0.25, -0.2) is 0 Å². The van der Waals surface area contributed by atoms with Crippen LogP contribution in [0.5, 0.6) is 0 Å². The SMILES string of the molecule is CC([O][Ti+2])c1c(C2C(c3ccccc3)=Cc3ccccc32)ccc2ccccc12.[Cl-].[Cl-]. The van der Waals surface area contributed by atoms with Gasteiger partial charge in [-0.2, -0.15) is 0 Å². The van der Waals surface area contributed by atoms with E-state index >= 15 is 0 Å². The molecule has 1 aliphatic rings. The second-order valence-electron chi connectivity index (χ2n) is 7.58. The third-order valence-corrected chi connectivity index (χ3v) is 6.49. The molecule has 31 heavy (non-hydrogen) atoms. The zero-order chi connectivity index (χ0) is 19.8. The average Bonchev–Trinajstić information content (AvgIpc) is 3.18. The molecule has 4 aromatic carbocycles. The number of allylic oxidation sites excluding steroid dienone is 1. The summed E-state index contributed by atoms with van der Waals surface area (Å²) in [5.41, 5.74) is 7.92. The second-order valence-corrected chi connectivity index (χ2v) is 7.95. The van der Waals surface area contributed by atoms with Crippen LogP contribution >= 0.6 is 0 Å². The fourth-order valence-corrected chi connectivity index (χ4v) is 4.80. The van der Waals surface area contributed by atoms with Gasteiger partial charge in [0, 0.05) is 0 Å². The molecule has 2 unspecified atom stereocenters. The molecule has 5 rings (SSSR count). The predicted octanol–water partition coefficient (Wildman–Crippen LogP) is 1.07. The zero-order valence-corrected chi connectivity index (χ0v) is 20.1. The van der Waals surface area contributed by atoms with Gasteiger partial charge in [0.15, 0.2) is 0 Å². The van der Waals surface area contributed by atoms with Gasteiger partial charge in [0.25, 0.3) is 0 Å². The second kappa shape index (κ2) is 10.2. The number of hydrogen-bond donors (Lipinski definition) is 0. The summed E-state index contributed by atoms with van der Waals surface area (Å²) in [5.74, 6) is 0.200. The standard InChI is InChI=1S/C27H21O.2ClH.Ti/c1-18(28)26-22-13-7-5-11-20(22)15-16-24(26)27-23-14-8-6-12-21(23)17-25(27)19-9-3-2-4-10-19;;;/h2-18,27H,1H3;2*1H;/q-1;;;+3/p-2. The van der Waals surface area contributed by atoms with Crippen molar-refractivity contribution in [1.29, 1.82) is 0 Å². The van der Waals surface area contributed by atoms with Crippen LogP contribution in [-0.4, -0.2) is 0 Å². The molecular formula is C27H21Cl2OTi. The fourth-order valence-electron chi connectivity index (χ4n) is 4.62. The molecule has 0 bridgehead atoms. The van der Waals surface area contributed by atoms with E-state index in [1.807, 2.05) is 0 Å². The third-order valence-electron chi connectivity index (χ3n) is 5.93. The molecule has 0 saturated heterocycles. The van der Waals surface area contributed by atoms with E-state index in [2.05, 4.69) is 104 Å². The molecule has 0 aromatic heterocycles. The van der Waals surface area contributed by atoms with Gasteiger partial charge >= 0.3 is 184 Å². The molecule has 0 fully saturated rings. The summed E-state index contributed by atoms with van der Waals surface area (Å²) in [6, 6.07) is 32.7. The maximum atomic E-state index is 5.85. The van der Waals surface area contributed by atoms with Crippen molar-refractivity contribution in [3.8, 4) is 0 Å². The Labute approximate surface area is 208 Å². The molecule has 0 saturated carbocycles. The van der Waals surface area contributed by atoms with Crippen molar-refractivity contribution in [2.24, 2.45) is 0 Å². The molecular weight excluding hydrogens is 459 g/mol. The van der Waals surface area contributed by atoms with Crippen molar-refractivity contribution >= 4 is 22.4 Å². The van der Waals surface area contributed by atoms with E-state index in [1.165, 1.54) is 44.2 Å². The summed E-state index contributed by atoms with van der Waals surface area (Å²) in [6.45, 7) is 2.15. The van der Waals surface area contributed by atoms with E-state index in [9.17, 15) is 0 Å². The Bertz CT molecular complexity index is 1220. The smallest absolute Gasteiger partial charge is 1.00 e. The Kier molecular flexibility index (Phi) is 7.80. The first kappa shape index (κ1) is 23.8. The van der Waals surface area contributed by atoms with Gasteiger partial charge in [-0.15, -0.1) is 0 Å². The summed E-state index contributed by atoms with van der Waals surface area (Å²) in [5, 5.41) is 2.53. The van der Waals surface area contributed by atoms with Crippen molar-refractivity contribution in [3.05, 3.63) is 119 Å². The summed E-state index contributed by atoms with van der Waals surface area (Å²) < 4.78 is 5.85. The maximum absolute atomic E-state index is 5.85. The van der Waals surface area contributed by atoms with E-state index in [4.69, 9.17) is 3.32 Å². The molecule has 0 heterocycles. The first-order chi connectivity index (χ1) is 14.3. The van der Waals surface area contributed by atoms with Crippen molar-refractivity contribution in [1.82, 2.24) is 0 Å². The normalized spacial score (nSPS) is 15.5. The Balaban J connectivity index is 0.00000136. The summed E-state index contributed by atoms with van der Waals surface area (Å²) in [4.78, 5) is 0. The minimum atomic E-state index is 0. The van der Waals surface area contributed by atoms with Gasteiger partial charge in [-0.05, 0) is 0 Å². The Morgan fingerprint density at radius 1 is 0.742 bits per heavy atom. The van der Waals surface area contributed by atoms with E-state index in [0.717, 1.165) is 0 Å². The summed E-state index contributed by atoms with van der Waals surface area (Å²) in [6.07, 6.45) is 2.37. The molecule has 2 atom stereocenters. The molecule has 153 valence electrons. The summed E-state index contributed by atoms with van der Waals surface area (Å²) in [7, 11) is 0. The van der Waals surface area contributed by atoms with Crippen LogP contribution in [0.3, 0.4) is 0 Å². The molecule has 0 radical (unpaired) electrons. The van der Waals surface area contributed by atoms with Crippen LogP contribution in [0.25, 0.3) is 22.4 Å². The predicted molar refractivity (Wildman–Crippen MR) is 116 cm³/mol. The Morgan fingerprint density at radius 2 is 1.42 bits per heavy atom. The average molecular weight is 480 g/mol. The first-order valence-corrected chi connectivity index (χ1v) is 10.6. The van der Waals surface area contributed by atoms with Gasteiger partial charge in [0.2, 0.25) is 0 Å². The molecule has 0 aliphatic heterocycles. The molecule has 0 amide bonds. The van der Waals surface area contributed by atoms with E-state index in [0.29, 0.717) is 0 Å². The van der Waals surface area contributed by atoms with Crippen LogP contribution in [0.2, 0.25) is 0 Å². The number of benzene rings is 4. The maximum Gasteiger partial charge on any atom is -1.00 e. The van der Waals surface area contributed by atoms with Crippen LogP contribution in [0, 0.1) is 0 Å². The molecule has 0 spiro atoms. The number of hydrogen-bond acceptors (Lipinski definition) is 1. The van der Waals surface area contributed by atoms with Crippen LogP contribution < -0.4 is 24.8 Å². The zero-order valence-electron chi connectivity index (χ0n) is 17.1. The first-order valence-electron chi connectivity index (χ1n) is 9.98. The van der Waals surface area contributed by atoms with E-state index in [1.54, 1.807) is 20.8 Å². The van der Waals surface area contributed by atoms with Crippen LogP contribution in [0.4, 0.5) is 0 Å². The minimum absolute atomic E-state index is 0. The van der Waals surface area contributed by atoms with Gasteiger partial charge in [-0.1, -0.05) is 0 Å². The van der Waals surface area contributed by atoms with Crippen LogP contribution in [0.1, 0.15) is 46.8 Å². The van der Waals surface area contributed by atoms with Crippen LogP contribution in [-0.2, 0) is 24.1 Å². The number of halogens is 2. The van der Waals surface area contributed by atoms with Gasteiger partial charge in [0.1, 0.15) is 0 Å². The van der Waals surface area contributed by atoms with Gasteiger partial charge in [-0.3, -0.25) is 0 Å². The minimum Gasteiger partial charge on any atom is -1.00 e. The number of rotatable bonds is 4. The van der Waals surface area contributed by atoms with Gasteiger partial charge in [0.05, 0.1) is 0 Å². The van der Waals surface area contributed by atoms with Crippen LogP contribution in [0.15, 0.2) is 91.0 Å². The Morgan fingerprint density at radius 3 is 2.19 bits per heavy atom. The largest absolute Gasteiger partial charge is 1.00 e. The third kappa shape index (κ3) is 4.26. The van der Waals surface area contributed by atoms with Gasteiger partial charge < -0.3 is 24.8 Å². The molecule has 1 aliphatic carbocycles. The van der Waals surface area contributed by atoms with Crippen molar-refractivity contribution in [2.45, 2.75) is 18.9 Å². The number of fused-ring (bicyclic) bond motifs is 2. The van der Waals surface area contributed by atoms with Crippen molar-refractivity contribution in [2.75, 3.05) is 0 Å². The Hall–Kier alpha value is -1.87. The molecule has 4 heteroatoms. The van der Waals surface area contributed by atoms with Crippen molar-refractivity contribution in [3.63, 3.8) is 0 Å². The topological polar surface area (TPSA) is 9.23 Å². The van der Waals surface area contributed by atoms with E-state index < -0.39 is 0 Å². The molecule has 4 aromatic rings. The molecule has 0 N–H and O–H groups in total. The fraction of sp³-hybridized carbons (Fsp3) is 0.111. The monoisotopic (exact) mass is 479 g/mol. The summed E-state index contributed by atoms with van der Waals surface area (Å²) >= 11 is 1.80.